The fourth-order valence-electron chi connectivity index (χ4n) is 3.04. The van der Waals surface area contributed by atoms with Gasteiger partial charge in [-0.25, -0.2) is 0 Å². The van der Waals surface area contributed by atoms with Crippen LogP contribution in [0.5, 0.6) is 0 Å². The summed E-state index contributed by atoms with van der Waals surface area (Å²) in [4.78, 5) is 12.9. The molecule has 6 nitrogen and oxygen atoms in total. The zero-order valence-corrected chi connectivity index (χ0v) is 12.9. The highest BCUT2D eigenvalue weighted by atomic mass is 16.6. The number of nitro benzene ring substituents is 1. The van der Waals surface area contributed by atoms with E-state index in [-0.39, 0.29) is 23.5 Å². The number of hydrogen-bond acceptors (Lipinski definition) is 5. The number of morpholine rings is 1. The second kappa shape index (κ2) is 5.27. The van der Waals surface area contributed by atoms with Gasteiger partial charge in [-0.15, -0.1) is 0 Å². The maximum absolute atomic E-state index is 11.3. The quantitative estimate of drug-likeness (QED) is 0.684. The summed E-state index contributed by atoms with van der Waals surface area (Å²) < 4.78 is 6.01. The van der Waals surface area contributed by atoms with Gasteiger partial charge in [0.1, 0.15) is 5.69 Å². The molecule has 6 heteroatoms. The van der Waals surface area contributed by atoms with Crippen LogP contribution in [-0.4, -0.2) is 34.3 Å². The number of aliphatic hydroxyl groups excluding tert-OH is 1. The molecule has 0 radical (unpaired) electrons. The van der Waals surface area contributed by atoms with Gasteiger partial charge in [-0.05, 0) is 39.3 Å². The number of hydrogen-bond donors (Lipinski definition) is 1. The van der Waals surface area contributed by atoms with Gasteiger partial charge in [-0.3, -0.25) is 10.1 Å². The van der Waals surface area contributed by atoms with Crippen LogP contribution >= 0.6 is 0 Å². The first-order chi connectivity index (χ1) is 9.63. The lowest BCUT2D eigenvalue weighted by Crippen LogP contribution is -2.57. The van der Waals surface area contributed by atoms with Crippen LogP contribution in [0, 0.1) is 10.1 Å². The van der Waals surface area contributed by atoms with E-state index in [1.807, 2.05) is 32.6 Å². The highest BCUT2D eigenvalue weighted by molar-refractivity contribution is 5.65. The van der Waals surface area contributed by atoms with Crippen LogP contribution in [0.4, 0.5) is 11.4 Å². The number of aliphatic hydroxyl groups is 1. The van der Waals surface area contributed by atoms with Crippen molar-refractivity contribution in [2.45, 2.75) is 45.5 Å². The second-order valence-corrected chi connectivity index (χ2v) is 6.72. The molecule has 116 valence electrons. The minimum Gasteiger partial charge on any atom is -0.392 e. The molecule has 1 aliphatic heterocycles. The molecule has 0 aromatic heterocycles. The topological polar surface area (TPSA) is 75.8 Å². The summed E-state index contributed by atoms with van der Waals surface area (Å²) in [5.74, 6) is 0. The van der Waals surface area contributed by atoms with Gasteiger partial charge in [-0.1, -0.05) is 6.07 Å². The van der Waals surface area contributed by atoms with Gasteiger partial charge in [-0.2, -0.15) is 0 Å². The number of anilines is 1. The highest BCUT2D eigenvalue weighted by Crippen LogP contribution is 2.36. The Labute approximate surface area is 124 Å². The molecule has 1 fully saturated rings. The summed E-state index contributed by atoms with van der Waals surface area (Å²) in [6.07, 6.45) is 0. The molecule has 0 bridgehead atoms. The lowest BCUT2D eigenvalue weighted by molar-refractivity contribution is -0.384. The first-order valence-electron chi connectivity index (χ1n) is 6.97. The highest BCUT2D eigenvalue weighted by Gasteiger charge is 2.39. The fraction of sp³-hybridized carbons (Fsp3) is 0.600. The van der Waals surface area contributed by atoms with E-state index in [1.165, 1.54) is 6.07 Å². The van der Waals surface area contributed by atoms with Crippen LogP contribution in [0.3, 0.4) is 0 Å². The minimum absolute atomic E-state index is 0.0232. The summed E-state index contributed by atoms with van der Waals surface area (Å²) in [7, 11) is 0. The number of nitro groups is 1. The molecule has 1 N–H and O–H groups in total. The maximum Gasteiger partial charge on any atom is 0.292 e. The van der Waals surface area contributed by atoms with E-state index >= 15 is 0 Å². The molecule has 1 heterocycles. The Morgan fingerprint density at radius 2 is 1.86 bits per heavy atom. The molecule has 1 aromatic carbocycles. The van der Waals surface area contributed by atoms with Gasteiger partial charge in [0, 0.05) is 19.2 Å². The zero-order chi connectivity index (χ0) is 15.8. The lowest BCUT2D eigenvalue weighted by atomic mass is 9.98. The van der Waals surface area contributed by atoms with Gasteiger partial charge in [0.2, 0.25) is 0 Å². The van der Waals surface area contributed by atoms with E-state index in [9.17, 15) is 10.1 Å². The normalized spacial score (nSPS) is 20.3. The lowest BCUT2D eigenvalue weighted by Gasteiger charge is -2.47. The Hall–Kier alpha value is -1.66. The van der Waals surface area contributed by atoms with E-state index in [2.05, 4.69) is 0 Å². The summed E-state index contributed by atoms with van der Waals surface area (Å²) >= 11 is 0. The molecule has 21 heavy (non-hydrogen) atoms. The molecule has 0 spiro atoms. The first-order valence-corrected chi connectivity index (χ1v) is 6.97. The Kier molecular flexibility index (Phi) is 3.95. The number of nitrogens with zero attached hydrogens (tertiary/aromatic N) is 2. The van der Waals surface area contributed by atoms with E-state index in [0.717, 1.165) is 0 Å². The molecule has 0 atom stereocenters. The molecule has 0 unspecified atom stereocenters. The average molecular weight is 294 g/mol. The van der Waals surface area contributed by atoms with Gasteiger partial charge in [0.25, 0.3) is 5.69 Å². The third-order valence-electron chi connectivity index (χ3n) is 3.46. The smallest absolute Gasteiger partial charge is 0.292 e. The van der Waals surface area contributed by atoms with Crippen molar-refractivity contribution in [2.75, 3.05) is 18.0 Å². The van der Waals surface area contributed by atoms with Crippen LogP contribution < -0.4 is 4.90 Å². The molecule has 1 saturated heterocycles. The van der Waals surface area contributed by atoms with Crippen molar-refractivity contribution >= 4 is 11.4 Å². The Morgan fingerprint density at radius 3 is 2.33 bits per heavy atom. The molecule has 1 aromatic rings. The second-order valence-electron chi connectivity index (χ2n) is 6.72. The minimum atomic E-state index is -0.399. The maximum atomic E-state index is 11.3. The van der Waals surface area contributed by atoms with Crippen LogP contribution in [-0.2, 0) is 11.3 Å². The predicted octanol–water partition coefficient (Wildman–Crippen LogP) is 2.48. The third kappa shape index (κ3) is 3.51. The molecule has 0 amide bonds. The van der Waals surface area contributed by atoms with Crippen molar-refractivity contribution in [1.29, 1.82) is 0 Å². The van der Waals surface area contributed by atoms with Crippen molar-refractivity contribution in [3.05, 3.63) is 33.9 Å². The van der Waals surface area contributed by atoms with Crippen molar-refractivity contribution in [3.63, 3.8) is 0 Å². The molecule has 1 aliphatic rings. The summed E-state index contributed by atoms with van der Waals surface area (Å²) in [5.41, 5.74) is 0.366. The fourth-order valence-corrected chi connectivity index (χ4v) is 3.04. The Bertz CT molecular complexity index is 539. The number of rotatable bonds is 3. The molecular formula is C15H22N2O4. The summed E-state index contributed by atoms with van der Waals surface area (Å²) in [6, 6.07) is 4.86. The van der Waals surface area contributed by atoms with Crippen LogP contribution in [0.1, 0.15) is 33.3 Å². The zero-order valence-electron chi connectivity index (χ0n) is 12.9. The van der Waals surface area contributed by atoms with E-state index < -0.39 is 4.92 Å². The van der Waals surface area contributed by atoms with Crippen LogP contribution in [0.2, 0.25) is 0 Å². The predicted molar refractivity (Wildman–Crippen MR) is 80.5 cm³/mol. The third-order valence-corrected chi connectivity index (χ3v) is 3.46. The summed E-state index contributed by atoms with van der Waals surface area (Å²) in [5, 5.41) is 20.5. The summed E-state index contributed by atoms with van der Waals surface area (Å²) in [6.45, 7) is 8.88. The van der Waals surface area contributed by atoms with Crippen LogP contribution in [0.25, 0.3) is 0 Å². The van der Waals surface area contributed by atoms with E-state index in [4.69, 9.17) is 9.84 Å². The van der Waals surface area contributed by atoms with E-state index in [1.54, 1.807) is 12.1 Å². The monoisotopic (exact) mass is 294 g/mol. The number of benzene rings is 1. The Balaban J connectivity index is 2.43. The molecule has 0 aliphatic carbocycles. The van der Waals surface area contributed by atoms with E-state index in [0.29, 0.717) is 24.3 Å². The van der Waals surface area contributed by atoms with Gasteiger partial charge in [0.05, 0.1) is 22.7 Å². The first kappa shape index (κ1) is 15.7. The molecule has 2 rings (SSSR count). The van der Waals surface area contributed by atoms with Gasteiger partial charge >= 0.3 is 0 Å². The number of ether oxygens (including phenoxy) is 1. The van der Waals surface area contributed by atoms with Crippen molar-refractivity contribution in [1.82, 2.24) is 0 Å². The molecule has 0 saturated carbocycles. The molecular weight excluding hydrogens is 272 g/mol. The van der Waals surface area contributed by atoms with Gasteiger partial charge in [0.15, 0.2) is 0 Å². The largest absolute Gasteiger partial charge is 0.392 e. The SMILES string of the molecule is CC1(C)CN(c2ccc(CO)cc2[N+](=O)[O-])CC(C)(C)O1. The van der Waals surface area contributed by atoms with Crippen molar-refractivity contribution in [3.8, 4) is 0 Å². The van der Waals surface area contributed by atoms with Gasteiger partial charge < -0.3 is 14.7 Å². The van der Waals surface area contributed by atoms with Crippen molar-refractivity contribution in [2.24, 2.45) is 0 Å². The van der Waals surface area contributed by atoms with Crippen molar-refractivity contribution < 1.29 is 14.8 Å². The standard InChI is InChI=1S/C15H22N2O4/c1-14(2)9-16(10-15(3,4)21-14)12-6-5-11(8-18)7-13(12)17(19)20/h5-7,18H,8-10H2,1-4H3. The average Bonchev–Trinajstić information content (AvgIpc) is 2.34. The Morgan fingerprint density at radius 1 is 1.29 bits per heavy atom. The van der Waals surface area contributed by atoms with Crippen LogP contribution in [0.15, 0.2) is 18.2 Å².